The Hall–Kier alpha value is -3.38. The van der Waals surface area contributed by atoms with Crippen molar-refractivity contribution in [3.05, 3.63) is 65.7 Å². The lowest BCUT2D eigenvalue weighted by atomic mass is 9.93. The second-order valence-corrected chi connectivity index (χ2v) is 8.98. The molecule has 2 atom stereocenters. The minimum absolute atomic E-state index is 0.0585. The zero-order chi connectivity index (χ0) is 23.1. The molecule has 0 bridgehead atoms. The molecule has 0 saturated carbocycles. The number of amides is 1. The number of hydrogen-bond donors (Lipinski definition) is 1. The Bertz CT molecular complexity index is 1230. The van der Waals surface area contributed by atoms with Gasteiger partial charge in [-0.3, -0.25) is 4.79 Å². The highest BCUT2D eigenvalue weighted by molar-refractivity contribution is 6.03. The Morgan fingerprint density at radius 1 is 1.06 bits per heavy atom. The minimum Gasteiger partial charge on any atom is -0.382 e. The van der Waals surface area contributed by atoms with E-state index in [2.05, 4.69) is 61.0 Å². The fourth-order valence-corrected chi connectivity index (χ4v) is 5.01. The normalized spacial score (nSPS) is 20.6. The van der Waals surface area contributed by atoms with Crippen LogP contribution in [0.5, 0.6) is 0 Å². The molecule has 2 unspecified atom stereocenters. The van der Waals surface area contributed by atoms with Crippen molar-refractivity contribution < 1.29 is 9.53 Å². The summed E-state index contributed by atoms with van der Waals surface area (Å²) in [4.78, 5) is 22.5. The van der Waals surface area contributed by atoms with E-state index in [9.17, 15) is 4.79 Å². The second-order valence-electron chi connectivity index (χ2n) is 8.98. The second kappa shape index (κ2) is 8.52. The summed E-state index contributed by atoms with van der Waals surface area (Å²) in [6, 6.07) is 14.4. The molecule has 2 N–H and O–H groups in total. The standard InChI is InChI=1S/C27H30N4O2/c1-17-5-4-6-22(27(32)31-18(2)7-8-19(31)3)25(17)20-9-10-23-21(15-20)16-24(26(28)29-23)30-11-13-33-14-12-30/h4-10,15-16,18-19H,11-14H2,1-3H3,(H2,28,29). The van der Waals surface area contributed by atoms with Gasteiger partial charge in [0.25, 0.3) is 5.91 Å². The largest absolute Gasteiger partial charge is 0.382 e. The van der Waals surface area contributed by atoms with Crippen LogP contribution >= 0.6 is 0 Å². The SMILES string of the molecule is Cc1cccc(C(=O)N2C(C)C=CC2C)c1-c1ccc2nc(N)c(N3CCOCC3)cc2c1. The number of nitrogen functional groups attached to an aromatic ring is 1. The molecule has 33 heavy (non-hydrogen) atoms. The summed E-state index contributed by atoms with van der Waals surface area (Å²) in [7, 11) is 0. The van der Waals surface area contributed by atoms with Crippen molar-refractivity contribution >= 4 is 28.3 Å². The van der Waals surface area contributed by atoms with Gasteiger partial charge in [-0.25, -0.2) is 4.98 Å². The lowest BCUT2D eigenvalue weighted by Gasteiger charge is -2.29. The van der Waals surface area contributed by atoms with Crippen molar-refractivity contribution in [1.82, 2.24) is 9.88 Å². The van der Waals surface area contributed by atoms with Crippen molar-refractivity contribution in [2.45, 2.75) is 32.9 Å². The lowest BCUT2D eigenvalue weighted by molar-refractivity contribution is 0.0710. The Morgan fingerprint density at radius 2 is 1.79 bits per heavy atom. The quantitative estimate of drug-likeness (QED) is 0.608. The summed E-state index contributed by atoms with van der Waals surface area (Å²) in [6.45, 7) is 9.16. The number of morpholine rings is 1. The maximum absolute atomic E-state index is 13.6. The molecule has 2 aliphatic heterocycles. The number of aromatic nitrogens is 1. The first-order valence-electron chi connectivity index (χ1n) is 11.6. The first-order valence-corrected chi connectivity index (χ1v) is 11.6. The number of hydrogen-bond acceptors (Lipinski definition) is 5. The molecule has 170 valence electrons. The van der Waals surface area contributed by atoms with Gasteiger partial charge in [0.2, 0.25) is 0 Å². The minimum atomic E-state index is 0.0585. The van der Waals surface area contributed by atoms with E-state index in [1.54, 1.807) is 0 Å². The number of pyridine rings is 1. The molecular weight excluding hydrogens is 412 g/mol. The number of carbonyl (C=O) groups excluding carboxylic acids is 1. The summed E-state index contributed by atoms with van der Waals surface area (Å²) in [6.07, 6.45) is 4.19. The van der Waals surface area contributed by atoms with E-state index in [4.69, 9.17) is 10.5 Å². The fraction of sp³-hybridized carbons (Fsp3) is 0.333. The van der Waals surface area contributed by atoms with E-state index in [-0.39, 0.29) is 18.0 Å². The van der Waals surface area contributed by atoms with E-state index in [1.165, 1.54) is 0 Å². The van der Waals surface area contributed by atoms with Crippen LogP contribution in [0.1, 0.15) is 29.8 Å². The predicted molar refractivity (Wildman–Crippen MR) is 134 cm³/mol. The third-order valence-corrected chi connectivity index (χ3v) is 6.75. The summed E-state index contributed by atoms with van der Waals surface area (Å²) in [5.74, 6) is 0.594. The lowest BCUT2D eigenvalue weighted by Crippen LogP contribution is -2.39. The molecule has 2 aliphatic rings. The number of carbonyl (C=O) groups is 1. The van der Waals surface area contributed by atoms with Gasteiger partial charge in [-0.05, 0) is 61.7 Å². The van der Waals surface area contributed by atoms with Crippen molar-refractivity contribution in [3.8, 4) is 11.1 Å². The molecule has 1 aromatic heterocycles. The Kier molecular flexibility index (Phi) is 5.54. The van der Waals surface area contributed by atoms with Gasteiger partial charge in [-0.1, -0.05) is 30.4 Å². The monoisotopic (exact) mass is 442 g/mol. The third-order valence-electron chi connectivity index (χ3n) is 6.75. The van der Waals surface area contributed by atoms with Gasteiger partial charge < -0.3 is 20.3 Å². The molecule has 3 aromatic rings. The molecule has 6 nitrogen and oxygen atoms in total. The number of nitrogens with two attached hydrogens (primary N) is 1. The predicted octanol–water partition coefficient (Wildman–Crippen LogP) is 4.42. The fourth-order valence-electron chi connectivity index (χ4n) is 5.01. The molecule has 0 aliphatic carbocycles. The van der Waals surface area contributed by atoms with Crippen LogP contribution in [0, 0.1) is 6.92 Å². The first-order chi connectivity index (χ1) is 15.9. The number of benzene rings is 2. The van der Waals surface area contributed by atoms with Crippen molar-refractivity contribution in [2.24, 2.45) is 0 Å². The van der Waals surface area contributed by atoms with Crippen LogP contribution in [0.2, 0.25) is 0 Å². The number of ether oxygens (including phenoxy) is 1. The van der Waals surface area contributed by atoms with Gasteiger partial charge in [0.05, 0.1) is 24.4 Å². The summed E-state index contributed by atoms with van der Waals surface area (Å²) < 4.78 is 5.49. The number of fused-ring (bicyclic) bond motifs is 1. The van der Waals surface area contributed by atoms with Crippen molar-refractivity contribution in [2.75, 3.05) is 36.9 Å². The number of nitrogens with zero attached hydrogens (tertiary/aromatic N) is 3. The molecule has 3 heterocycles. The smallest absolute Gasteiger partial charge is 0.255 e. The zero-order valence-electron chi connectivity index (χ0n) is 19.4. The summed E-state index contributed by atoms with van der Waals surface area (Å²) >= 11 is 0. The van der Waals surface area contributed by atoms with E-state index >= 15 is 0 Å². The van der Waals surface area contributed by atoms with Gasteiger partial charge in [-0.15, -0.1) is 0 Å². The highest BCUT2D eigenvalue weighted by Crippen LogP contribution is 2.34. The van der Waals surface area contributed by atoms with Gasteiger partial charge >= 0.3 is 0 Å². The average molecular weight is 443 g/mol. The Labute approximate surface area is 194 Å². The third kappa shape index (κ3) is 3.85. The highest BCUT2D eigenvalue weighted by atomic mass is 16.5. The van der Waals surface area contributed by atoms with Crippen molar-refractivity contribution in [3.63, 3.8) is 0 Å². The molecule has 0 spiro atoms. The van der Waals surface area contributed by atoms with E-state index in [0.717, 1.165) is 51.9 Å². The van der Waals surface area contributed by atoms with Crippen LogP contribution in [0.4, 0.5) is 11.5 Å². The molecule has 1 saturated heterocycles. The summed E-state index contributed by atoms with van der Waals surface area (Å²) in [5, 5.41) is 1.01. The topological polar surface area (TPSA) is 71.7 Å². The molecule has 6 heteroatoms. The van der Waals surface area contributed by atoms with Crippen LogP contribution in [-0.2, 0) is 4.74 Å². The van der Waals surface area contributed by atoms with Gasteiger partial charge in [-0.2, -0.15) is 0 Å². The van der Waals surface area contributed by atoms with Crippen LogP contribution in [-0.4, -0.2) is 54.2 Å². The van der Waals surface area contributed by atoms with Crippen LogP contribution < -0.4 is 10.6 Å². The maximum Gasteiger partial charge on any atom is 0.255 e. The zero-order valence-corrected chi connectivity index (χ0v) is 19.4. The maximum atomic E-state index is 13.6. The molecular formula is C27H30N4O2. The van der Waals surface area contributed by atoms with E-state index in [0.29, 0.717) is 19.0 Å². The number of rotatable bonds is 3. The summed E-state index contributed by atoms with van der Waals surface area (Å²) in [5.41, 5.74) is 11.9. The Balaban J connectivity index is 1.59. The number of anilines is 2. The van der Waals surface area contributed by atoms with Gasteiger partial charge in [0.1, 0.15) is 5.82 Å². The molecule has 1 fully saturated rings. The average Bonchev–Trinajstić information content (AvgIpc) is 3.16. The van der Waals surface area contributed by atoms with Gasteiger partial charge in [0.15, 0.2) is 0 Å². The van der Waals surface area contributed by atoms with Gasteiger partial charge in [0, 0.05) is 36.1 Å². The molecule has 0 radical (unpaired) electrons. The highest BCUT2D eigenvalue weighted by Gasteiger charge is 2.30. The van der Waals surface area contributed by atoms with E-state index < -0.39 is 0 Å². The molecule has 5 rings (SSSR count). The first kappa shape index (κ1) is 21.5. The Morgan fingerprint density at radius 3 is 2.52 bits per heavy atom. The van der Waals surface area contributed by atoms with Crippen LogP contribution in [0.3, 0.4) is 0 Å². The van der Waals surface area contributed by atoms with Crippen LogP contribution in [0.25, 0.3) is 22.0 Å². The molecule has 2 aromatic carbocycles. The van der Waals surface area contributed by atoms with E-state index in [1.807, 2.05) is 29.2 Å². The molecule has 1 amide bonds. The van der Waals surface area contributed by atoms with Crippen molar-refractivity contribution in [1.29, 1.82) is 0 Å². The van der Waals surface area contributed by atoms with Crippen LogP contribution in [0.15, 0.2) is 54.6 Å². The number of aryl methyl sites for hydroxylation is 1.